The largest absolute Gasteiger partial charge is 0.345 e. The zero-order chi connectivity index (χ0) is 13.5. The predicted octanol–water partition coefficient (Wildman–Crippen LogP) is 0.647. The second kappa shape index (κ2) is 4.55. The van der Waals surface area contributed by atoms with Crippen molar-refractivity contribution in [2.45, 2.75) is 18.2 Å². The lowest BCUT2D eigenvalue weighted by Gasteiger charge is -2.21. The third-order valence-corrected chi connectivity index (χ3v) is 4.09. The number of aromatic nitrogens is 3. The molecule has 0 fully saturated rings. The highest BCUT2D eigenvalue weighted by atomic mass is 32.1. The molecule has 1 unspecified atom stereocenters. The average molecular weight is 285 g/mol. The van der Waals surface area contributed by atoms with Gasteiger partial charge in [0, 0.05) is 30.3 Å². The molecule has 0 aliphatic carbocycles. The van der Waals surface area contributed by atoms with Crippen LogP contribution in [0.4, 0.5) is 0 Å². The minimum atomic E-state index is -0.515. The minimum absolute atomic E-state index is 0.217. The SMILES string of the molecule is Cn1ccc2[nH]c(=O)n(CC(C)(S)CS)c(=O)c21. The van der Waals surface area contributed by atoms with Crippen molar-refractivity contribution in [1.82, 2.24) is 14.1 Å². The lowest BCUT2D eigenvalue weighted by molar-refractivity contribution is 0.543. The van der Waals surface area contributed by atoms with E-state index in [1.807, 2.05) is 6.92 Å². The molecule has 0 radical (unpaired) electrons. The Hall–Kier alpha value is -1.08. The van der Waals surface area contributed by atoms with Gasteiger partial charge in [-0.2, -0.15) is 25.3 Å². The summed E-state index contributed by atoms with van der Waals surface area (Å²) in [6.45, 7) is 2.05. The standard InChI is InChI=1S/C11H15N3O2S2/c1-11(18,6-17)5-14-9(15)8-7(12-10(14)16)3-4-13(8)2/h3-4,17-18H,5-6H2,1-2H3,(H,12,16). The Bertz CT molecular complexity index is 696. The zero-order valence-electron chi connectivity index (χ0n) is 10.2. The molecule has 0 saturated carbocycles. The molecule has 18 heavy (non-hydrogen) atoms. The quantitative estimate of drug-likeness (QED) is 0.725. The zero-order valence-corrected chi connectivity index (χ0v) is 12.0. The lowest BCUT2D eigenvalue weighted by Crippen LogP contribution is -2.41. The number of nitrogens with one attached hydrogen (secondary N) is 1. The number of hydrogen-bond acceptors (Lipinski definition) is 4. The van der Waals surface area contributed by atoms with E-state index in [9.17, 15) is 9.59 Å². The molecule has 0 aliphatic rings. The number of hydrogen-bond donors (Lipinski definition) is 3. The van der Waals surface area contributed by atoms with E-state index in [0.717, 1.165) is 0 Å². The van der Waals surface area contributed by atoms with Crippen LogP contribution < -0.4 is 11.2 Å². The van der Waals surface area contributed by atoms with Crippen LogP contribution >= 0.6 is 25.3 Å². The molecule has 0 bridgehead atoms. The number of nitrogens with zero attached hydrogens (tertiary/aromatic N) is 2. The number of fused-ring (bicyclic) bond motifs is 1. The van der Waals surface area contributed by atoms with Crippen LogP contribution in [0, 0.1) is 0 Å². The van der Waals surface area contributed by atoms with E-state index in [2.05, 4.69) is 30.2 Å². The first-order valence-electron chi connectivity index (χ1n) is 5.47. The fourth-order valence-electron chi connectivity index (χ4n) is 1.83. The van der Waals surface area contributed by atoms with Gasteiger partial charge >= 0.3 is 5.69 Å². The summed E-state index contributed by atoms with van der Waals surface area (Å²) < 4.78 is 2.35. The van der Waals surface area contributed by atoms with Gasteiger partial charge in [-0.05, 0) is 13.0 Å². The molecule has 2 rings (SSSR count). The van der Waals surface area contributed by atoms with Gasteiger partial charge in [-0.25, -0.2) is 4.79 Å². The smallest absolute Gasteiger partial charge is 0.328 e. The normalized spacial score (nSPS) is 14.9. The van der Waals surface area contributed by atoms with Gasteiger partial charge < -0.3 is 9.55 Å². The Balaban J connectivity index is 2.68. The van der Waals surface area contributed by atoms with Crippen LogP contribution in [0.15, 0.2) is 21.9 Å². The molecule has 0 aliphatic heterocycles. The van der Waals surface area contributed by atoms with Gasteiger partial charge in [0.25, 0.3) is 5.56 Å². The molecule has 0 saturated heterocycles. The van der Waals surface area contributed by atoms with Crippen molar-refractivity contribution in [1.29, 1.82) is 0 Å². The average Bonchev–Trinajstić information content (AvgIpc) is 2.66. The summed E-state index contributed by atoms with van der Waals surface area (Å²) in [5, 5.41) is 0. The van der Waals surface area contributed by atoms with Crippen molar-refractivity contribution in [3.63, 3.8) is 0 Å². The van der Waals surface area contributed by atoms with Crippen LogP contribution in [0.3, 0.4) is 0 Å². The molecule has 0 aromatic carbocycles. The van der Waals surface area contributed by atoms with Gasteiger partial charge in [0.2, 0.25) is 0 Å². The maximum atomic E-state index is 12.3. The topological polar surface area (TPSA) is 59.8 Å². The Morgan fingerprint density at radius 3 is 2.72 bits per heavy atom. The lowest BCUT2D eigenvalue weighted by atomic mass is 10.2. The fourth-order valence-corrected chi connectivity index (χ4v) is 2.08. The van der Waals surface area contributed by atoms with Gasteiger partial charge in [-0.1, -0.05) is 0 Å². The first-order valence-corrected chi connectivity index (χ1v) is 6.55. The Morgan fingerprint density at radius 2 is 2.11 bits per heavy atom. The van der Waals surface area contributed by atoms with Crippen molar-refractivity contribution in [2.75, 3.05) is 5.75 Å². The first kappa shape index (κ1) is 13.4. The minimum Gasteiger partial charge on any atom is -0.345 e. The van der Waals surface area contributed by atoms with E-state index in [1.165, 1.54) is 4.57 Å². The highest BCUT2D eigenvalue weighted by molar-refractivity contribution is 7.85. The summed E-state index contributed by atoms with van der Waals surface area (Å²) in [6.07, 6.45) is 1.74. The number of H-pyrrole nitrogens is 1. The summed E-state index contributed by atoms with van der Waals surface area (Å²) in [5.41, 5.74) is 0.317. The molecule has 1 atom stereocenters. The van der Waals surface area contributed by atoms with E-state index in [1.54, 1.807) is 23.9 Å². The molecule has 98 valence electrons. The molecular weight excluding hydrogens is 270 g/mol. The summed E-state index contributed by atoms with van der Waals surface area (Å²) in [7, 11) is 1.77. The number of rotatable bonds is 3. The van der Waals surface area contributed by atoms with E-state index >= 15 is 0 Å². The summed E-state index contributed by atoms with van der Waals surface area (Å²) in [4.78, 5) is 26.9. The molecule has 2 heterocycles. The third-order valence-electron chi connectivity index (χ3n) is 2.85. The molecule has 2 aromatic rings. The molecule has 0 amide bonds. The monoisotopic (exact) mass is 285 g/mol. The van der Waals surface area contributed by atoms with Crippen LogP contribution in [-0.4, -0.2) is 24.6 Å². The fraction of sp³-hybridized carbons (Fsp3) is 0.455. The molecular formula is C11H15N3O2S2. The maximum absolute atomic E-state index is 12.3. The van der Waals surface area contributed by atoms with Crippen LogP contribution in [-0.2, 0) is 13.6 Å². The van der Waals surface area contributed by atoms with Gasteiger partial charge in [0.05, 0.1) is 5.52 Å². The molecule has 7 heteroatoms. The van der Waals surface area contributed by atoms with Crippen molar-refractivity contribution in [3.8, 4) is 0 Å². The van der Waals surface area contributed by atoms with Crippen LogP contribution in [0.2, 0.25) is 0 Å². The Kier molecular flexibility index (Phi) is 3.37. The van der Waals surface area contributed by atoms with Gasteiger partial charge in [-0.15, -0.1) is 0 Å². The van der Waals surface area contributed by atoms with Gasteiger partial charge in [0.1, 0.15) is 5.52 Å². The van der Waals surface area contributed by atoms with E-state index < -0.39 is 10.4 Å². The highest BCUT2D eigenvalue weighted by Gasteiger charge is 2.21. The maximum Gasteiger partial charge on any atom is 0.328 e. The van der Waals surface area contributed by atoms with Crippen molar-refractivity contribution in [3.05, 3.63) is 33.1 Å². The summed E-state index contributed by atoms with van der Waals surface area (Å²) >= 11 is 8.57. The number of aryl methyl sites for hydroxylation is 1. The molecule has 0 spiro atoms. The highest BCUT2D eigenvalue weighted by Crippen LogP contribution is 2.16. The number of thiol groups is 2. The third kappa shape index (κ3) is 2.24. The van der Waals surface area contributed by atoms with E-state index in [-0.39, 0.29) is 12.1 Å². The summed E-state index contributed by atoms with van der Waals surface area (Å²) in [6, 6.07) is 1.71. The van der Waals surface area contributed by atoms with Crippen LogP contribution in [0.25, 0.3) is 11.0 Å². The van der Waals surface area contributed by atoms with Crippen LogP contribution in [0.5, 0.6) is 0 Å². The number of aromatic amines is 1. The summed E-state index contributed by atoms with van der Waals surface area (Å²) in [5.74, 6) is 0.465. The van der Waals surface area contributed by atoms with Crippen molar-refractivity contribution < 1.29 is 0 Å². The molecule has 2 aromatic heterocycles. The second-order valence-corrected chi connectivity index (χ2v) is 6.06. The van der Waals surface area contributed by atoms with Crippen molar-refractivity contribution in [2.24, 2.45) is 7.05 Å². The Labute approximate surface area is 115 Å². The van der Waals surface area contributed by atoms with Crippen molar-refractivity contribution >= 4 is 36.3 Å². The second-order valence-electron chi connectivity index (χ2n) is 4.67. The van der Waals surface area contributed by atoms with Gasteiger partial charge in [0.15, 0.2) is 0 Å². The van der Waals surface area contributed by atoms with Crippen LogP contribution in [0.1, 0.15) is 6.92 Å². The van der Waals surface area contributed by atoms with E-state index in [0.29, 0.717) is 16.8 Å². The predicted molar refractivity (Wildman–Crippen MR) is 79.0 cm³/mol. The molecule has 5 nitrogen and oxygen atoms in total. The van der Waals surface area contributed by atoms with Gasteiger partial charge in [-0.3, -0.25) is 9.36 Å². The van der Waals surface area contributed by atoms with E-state index in [4.69, 9.17) is 0 Å². The first-order chi connectivity index (χ1) is 8.35. The Morgan fingerprint density at radius 1 is 1.44 bits per heavy atom. The molecule has 1 N–H and O–H groups in total.